The van der Waals surface area contributed by atoms with Gasteiger partial charge in [-0.3, -0.25) is 9.59 Å². The molecule has 0 aliphatic rings. The average Bonchev–Trinajstić information content (AvgIpc) is 2.70. The van der Waals surface area contributed by atoms with Crippen molar-refractivity contribution in [3.05, 3.63) is 59.9 Å². The Kier molecular flexibility index (Phi) is 8.14. The van der Waals surface area contributed by atoms with E-state index in [2.05, 4.69) is 34.6 Å². The molecule has 28 heavy (non-hydrogen) atoms. The fourth-order valence-corrected chi connectivity index (χ4v) is 2.58. The average molecular weight is 384 g/mol. The molecule has 0 aliphatic carbocycles. The van der Waals surface area contributed by atoms with Crippen LogP contribution in [0.2, 0.25) is 0 Å². The number of hydrogen-bond donors (Lipinski definition) is 2. The van der Waals surface area contributed by atoms with Crippen molar-refractivity contribution in [1.82, 2.24) is 5.43 Å². The van der Waals surface area contributed by atoms with Gasteiger partial charge >= 0.3 is 0 Å². The molecular formula is C21H25FN4O2. The number of carbonyl (C=O) groups excluding carboxylic acids is 2. The lowest BCUT2D eigenvalue weighted by atomic mass is 10.2. The number of carbonyl (C=O) groups is 2. The molecule has 0 atom stereocenters. The van der Waals surface area contributed by atoms with E-state index in [0.29, 0.717) is 5.69 Å². The van der Waals surface area contributed by atoms with Crippen LogP contribution in [0, 0.1) is 5.82 Å². The van der Waals surface area contributed by atoms with Crippen molar-refractivity contribution in [2.24, 2.45) is 5.10 Å². The molecule has 0 unspecified atom stereocenters. The van der Waals surface area contributed by atoms with Crippen molar-refractivity contribution in [2.75, 3.05) is 23.3 Å². The zero-order valence-electron chi connectivity index (χ0n) is 16.1. The summed E-state index contributed by atoms with van der Waals surface area (Å²) in [6.45, 7) is 6.09. The summed E-state index contributed by atoms with van der Waals surface area (Å²) in [5.41, 5.74) is 4.90. The molecule has 0 spiro atoms. The molecule has 148 valence electrons. The smallest absolute Gasteiger partial charge is 0.240 e. The van der Waals surface area contributed by atoms with Crippen LogP contribution in [0.5, 0.6) is 0 Å². The van der Waals surface area contributed by atoms with Crippen LogP contribution in [-0.2, 0) is 9.59 Å². The lowest BCUT2D eigenvalue weighted by molar-refractivity contribution is -0.124. The van der Waals surface area contributed by atoms with Crippen molar-refractivity contribution >= 4 is 29.4 Å². The first-order valence-electron chi connectivity index (χ1n) is 9.24. The second-order valence-corrected chi connectivity index (χ2v) is 6.11. The first-order chi connectivity index (χ1) is 13.5. The van der Waals surface area contributed by atoms with Gasteiger partial charge in [0, 0.05) is 37.3 Å². The van der Waals surface area contributed by atoms with Crippen LogP contribution >= 0.6 is 0 Å². The first kappa shape index (κ1) is 21.1. The highest BCUT2D eigenvalue weighted by Crippen LogP contribution is 2.14. The standard InChI is InChI=1S/C21H25FN4O2/c1-3-26(4-2)19-11-5-16(6-12-19)15-23-25-21(28)14-13-20(27)24-18-9-7-17(22)8-10-18/h5-12,15H,3-4,13-14H2,1-2H3,(H,24,27)(H,25,28)/b23-15-. The van der Waals surface area contributed by atoms with E-state index in [1.807, 2.05) is 24.3 Å². The summed E-state index contributed by atoms with van der Waals surface area (Å²) in [5, 5.41) is 6.52. The number of halogens is 1. The Hall–Kier alpha value is -3.22. The van der Waals surface area contributed by atoms with E-state index in [-0.39, 0.29) is 30.5 Å². The van der Waals surface area contributed by atoms with Gasteiger partial charge in [-0.25, -0.2) is 9.82 Å². The molecule has 2 amide bonds. The molecule has 6 nitrogen and oxygen atoms in total. The number of amides is 2. The third-order valence-electron chi connectivity index (χ3n) is 4.13. The molecule has 0 heterocycles. The van der Waals surface area contributed by atoms with Crippen LogP contribution < -0.4 is 15.6 Å². The van der Waals surface area contributed by atoms with E-state index in [4.69, 9.17) is 0 Å². The molecule has 2 N–H and O–H groups in total. The lowest BCUT2D eigenvalue weighted by Crippen LogP contribution is -2.21. The summed E-state index contributed by atoms with van der Waals surface area (Å²) in [5.74, 6) is -1.05. The van der Waals surface area contributed by atoms with Gasteiger partial charge in [-0.15, -0.1) is 0 Å². The van der Waals surface area contributed by atoms with Crippen LogP contribution in [0.1, 0.15) is 32.3 Å². The minimum Gasteiger partial charge on any atom is -0.372 e. The largest absolute Gasteiger partial charge is 0.372 e. The molecule has 2 aromatic carbocycles. The normalized spacial score (nSPS) is 10.7. The maximum absolute atomic E-state index is 12.8. The maximum atomic E-state index is 12.8. The van der Waals surface area contributed by atoms with Crippen LogP contribution in [0.25, 0.3) is 0 Å². The van der Waals surface area contributed by atoms with Crippen LogP contribution in [0.4, 0.5) is 15.8 Å². The van der Waals surface area contributed by atoms with E-state index in [9.17, 15) is 14.0 Å². The number of anilines is 2. The first-order valence-corrected chi connectivity index (χ1v) is 9.24. The number of benzene rings is 2. The molecule has 0 saturated heterocycles. The minimum atomic E-state index is -0.377. The molecule has 2 rings (SSSR count). The minimum absolute atomic E-state index is 0.00522. The Bertz CT molecular complexity index is 800. The van der Waals surface area contributed by atoms with Gasteiger partial charge in [0.2, 0.25) is 11.8 Å². The molecule has 0 radical (unpaired) electrons. The van der Waals surface area contributed by atoms with Crippen molar-refractivity contribution < 1.29 is 14.0 Å². The summed E-state index contributed by atoms with van der Waals surface area (Å²) in [6, 6.07) is 13.3. The molecule has 0 aromatic heterocycles. The molecule has 7 heteroatoms. The number of rotatable bonds is 9. The van der Waals surface area contributed by atoms with E-state index in [0.717, 1.165) is 24.3 Å². The quantitative estimate of drug-likeness (QED) is 0.513. The van der Waals surface area contributed by atoms with Crippen molar-refractivity contribution in [3.8, 4) is 0 Å². The number of nitrogens with one attached hydrogen (secondary N) is 2. The second kappa shape index (κ2) is 10.8. The van der Waals surface area contributed by atoms with Gasteiger partial charge in [-0.2, -0.15) is 5.10 Å². The fraction of sp³-hybridized carbons (Fsp3) is 0.286. The highest BCUT2D eigenvalue weighted by Gasteiger charge is 2.07. The van der Waals surface area contributed by atoms with Crippen molar-refractivity contribution in [3.63, 3.8) is 0 Å². The van der Waals surface area contributed by atoms with Gasteiger partial charge in [-0.1, -0.05) is 12.1 Å². The Balaban J connectivity index is 1.74. The predicted molar refractivity (Wildman–Crippen MR) is 110 cm³/mol. The fourth-order valence-electron chi connectivity index (χ4n) is 2.58. The molecule has 0 bridgehead atoms. The van der Waals surface area contributed by atoms with E-state index in [1.165, 1.54) is 24.3 Å². The van der Waals surface area contributed by atoms with E-state index >= 15 is 0 Å². The molecule has 0 saturated carbocycles. The van der Waals surface area contributed by atoms with E-state index < -0.39 is 0 Å². The number of nitrogens with zero attached hydrogens (tertiary/aromatic N) is 2. The lowest BCUT2D eigenvalue weighted by Gasteiger charge is -2.20. The highest BCUT2D eigenvalue weighted by atomic mass is 19.1. The number of hydrogen-bond acceptors (Lipinski definition) is 4. The van der Waals surface area contributed by atoms with Crippen LogP contribution in [0.15, 0.2) is 53.6 Å². The van der Waals surface area contributed by atoms with Crippen molar-refractivity contribution in [2.45, 2.75) is 26.7 Å². The maximum Gasteiger partial charge on any atom is 0.240 e. The third kappa shape index (κ3) is 6.83. The monoisotopic (exact) mass is 384 g/mol. The number of hydrazone groups is 1. The Labute approximate surface area is 164 Å². The second-order valence-electron chi connectivity index (χ2n) is 6.11. The Morgan fingerprint density at radius 1 is 0.964 bits per heavy atom. The zero-order valence-corrected chi connectivity index (χ0v) is 16.1. The van der Waals surface area contributed by atoms with Gasteiger partial charge < -0.3 is 10.2 Å². The SMILES string of the molecule is CCN(CC)c1ccc(/C=N\NC(=O)CCC(=O)Nc2ccc(F)cc2)cc1. The van der Waals surface area contributed by atoms with Gasteiger partial charge in [-0.05, 0) is 55.8 Å². The Morgan fingerprint density at radius 2 is 1.57 bits per heavy atom. The Morgan fingerprint density at radius 3 is 2.18 bits per heavy atom. The topological polar surface area (TPSA) is 73.8 Å². The van der Waals surface area contributed by atoms with Gasteiger partial charge in [0.05, 0.1) is 6.21 Å². The van der Waals surface area contributed by atoms with Gasteiger partial charge in [0.1, 0.15) is 5.82 Å². The van der Waals surface area contributed by atoms with Crippen LogP contribution in [0.3, 0.4) is 0 Å². The van der Waals surface area contributed by atoms with Crippen LogP contribution in [-0.4, -0.2) is 31.1 Å². The zero-order chi connectivity index (χ0) is 20.4. The molecule has 0 aliphatic heterocycles. The summed E-state index contributed by atoms with van der Waals surface area (Å²) in [4.78, 5) is 25.8. The summed E-state index contributed by atoms with van der Waals surface area (Å²) < 4.78 is 12.8. The van der Waals surface area contributed by atoms with Gasteiger partial charge in [0.25, 0.3) is 0 Å². The third-order valence-corrected chi connectivity index (χ3v) is 4.13. The predicted octanol–water partition coefficient (Wildman–Crippen LogP) is 3.54. The summed E-state index contributed by atoms with van der Waals surface area (Å²) in [7, 11) is 0. The summed E-state index contributed by atoms with van der Waals surface area (Å²) in [6.07, 6.45) is 1.57. The van der Waals surface area contributed by atoms with Crippen molar-refractivity contribution in [1.29, 1.82) is 0 Å². The molecule has 2 aromatic rings. The highest BCUT2D eigenvalue weighted by molar-refractivity contribution is 5.93. The molecule has 0 fully saturated rings. The summed E-state index contributed by atoms with van der Waals surface area (Å²) >= 11 is 0. The van der Waals surface area contributed by atoms with E-state index in [1.54, 1.807) is 6.21 Å². The van der Waals surface area contributed by atoms with Gasteiger partial charge in [0.15, 0.2) is 0 Å². The molecular weight excluding hydrogens is 359 g/mol.